The molecule has 6 rings (SSSR count). The Morgan fingerprint density at radius 2 is 1.94 bits per heavy atom. The smallest absolute Gasteiger partial charge is 0.260 e. The summed E-state index contributed by atoms with van der Waals surface area (Å²) in [4.78, 5) is 19.9. The van der Waals surface area contributed by atoms with Crippen molar-refractivity contribution in [2.24, 2.45) is 7.05 Å². The molecule has 172 valence electrons. The number of aromatic nitrogens is 4. The zero-order valence-corrected chi connectivity index (χ0v) is 19.1. The molecule has 1 aliphatic heterocycles. The summed E-state index contributed by atoms with van der Waals surface area (Å²) in [6.45, 7) is 0.314. The molecular formula is C27H22N6O2. The van der Waals surface area contributed by atoms with Gasteiger partial charge >= 0.3 is 0 Å². The second-order valence-electron chi connectivity index (χ2n) is 9.09. The molecule has 1 amide bonds. The van der Waals surface area contributed by atoms with E-state index < -0.39 is 0 Å². The van der Waals surface area contributed by atoms with Crippen LogP contribution in [0.15, 0.2) is 54.9 Å². The van der Waals surface area contributed by atoms with Crippen LogP contribution in [0, 0.1) is 11.3 Å². The van der Waals surface area contributed by atoms with E-state index in [1.165, 1.54) is 0 Å². The van der Waals surface area contributed by atoms with Crippen LogP contribution >= 0.6 is 0 Å². The van der Waals surface area contributed by atoms with E-state index >= 15 is 0 Å². The molecule has 0 atom stereocenters. The predicted octanol–water partition coefficient (Wildman–Crippen LogP) is 3.95. The molecule has 0 unspecified atom stereocenters. The highest BCUT2D eigenvalue weighted by atomic mass is 16.3. The molecule has 3 heterocycles. The number of hydrogen-bond donors (Lipinski definition) is 1. The highest BCUT2D eigenvalue weighted by molar-refractivity contribution is 6.10. The molecule has 0 radical (unpaired) electrons. The first-order valence-corrected chi connectivity index (χ1v) is 11.5. The SMILES string of the molecule is Cn1cnnc1-c1ccc(C#N)cc1-c1cc(C2CC2)nc(N2Cc3ccc(CO)cc3C2=O)c1. The van der Waals surface area contributed by atoms with E-state index in [1.54, 1.807) is 23.4 Å². The van der Waals surface area contributed by atoms with Crippen LogP contribution in [0.3, 0.4) is 0 Å². The third kappa shape index (κ3) is 3.66. The minimum Gasteiger partial charge on any atom is -0.392 e. The van der Waals surface area contributed by atoms with Gasteiger partial charge in [0.2, 0.25) is 0 Å². The molecule has 8 heteroatoms. The molecule has 1 N–H and O–H groups in total. The minimum atomic E-state index is -0.124. The lowest BCUT2D eigenvalue weighted by molar-refractivity contribution is 0.0995. The average Bonchev–Trinajstić information content (AvgIpc) is 3.58. The number of carbonyl (C=O) groups is 1. The van der Waals surface area contributed by atoms with Crippen molar-refractivity contribution in [2.45, 2.75) is 31.9 Å². The van der Waals surface area contributed by atoms with Crippen molar-refractivity contribution < 1.29 is 9.90 Å². The van der Waals surface area contributed by atoms with Gasteiger partial charge in [-0.3, -0.25) is 9.69 Å². The number of nitrogens with zero attached hydrogens (tertiary/aromatic N) is 6. The molecule has 1 saturated carbocycles. The molecule has 1 aliphatic carbocycles. The van der Waals surface area contributed by atoms with Gasteiger partial charge in [-0.15, -0.1) is 10.2 Å². The van der Waals surface area contributed by atoms with E-state index in [2.05, 4.69) is 22.3 Å². The van der Waals surface area contributed by atoms with E-state index in [0.29, 0.717) is 40.8 Å². The van der Waals surface area contributed by atoms with Gasteiger partial charge in [-0.05, 0) is 71.5 Å². The van der Waals surface area contributed by atoms with Crippen molar-refractivity contribution in [3.63, 3.8) is 0 Å². The zero-order valence-electron chi connectivity index (χ0n) is 19.1. The van der Waals surface area contributed by atoms with Crippen molar-refractivity contribution in [2.75, 3.05) is 4.90 Å². The molecule has 8 nitrogen and oxygen atoms in total. The van der Waals surface area contributed by atoms with Crippen LogP contribution in [0.5, 0.6) is 0 Å². The maximum absolute atomic E-state index is 13.3. The van der Waals surface area contributed by atoms with Crippen LogP contribution in [0.2, 0.25) is 0 Å². The molecule has 0 bridgehead atoms. The standard InChI is InChI=1S/C27H22N6O2/c1-32-15-29-31-26(32)21-7-3-16(12-28)8-22(21)20-10-24(18-5-6-18)30-25(11-20)33-13-19-4-2-17(14-34)9-23(19)27(33)35/h2-4,7-11,15,18,34H,5-6,13-14H2,1H3. The van der Waals surface area contributed by atoms with Crippen LogP contribution in [-0.4, -0.2) is 30.8 Å². The van der Waals surface area contributed by atoms with Crippen molar-refractivity contribution >= 4 is 11.7 Å². The van der Waals surface area contributed by atoms with Crippen LogP contribution in [0.1, 0.15) is 51.5 Å². The van der Waals surface area contributed by atoms with Crippen molar-refractivity contribution in [3.8, 4) is 28.6 Å². The van der Waals surface area contributed by atoms with Gasteiger partial charge in [-0.1, -0.05) is 12.1 Å². The van der Waals surface area contributed by atoms with E-state index in [4.69, 9.17) is 4.98 Å². The topological polar surface area (TPSA) is 108 Å². The molecule has 2 aromatic heterocycles. The molecule has 2 aromatic carbocycles. The first kappa shape index (κ1) is 21.2. The van der Waals surface area contributed by atoms with Gasteiger partial charge in [-0.2, -0.15) is 5.26 Å². The number of nitriles is 1. The average molecular weight is 463 g/mol. The van der Waals surface area contributed by atoms with Gasteiger partial charge in [0.15, 0.2) is 5.82 Å². The number of hydrogen-bond acceptors (Lipinski definition) is 6. The number of aliphatic hydroxyl groups excluding tert-OH is 1. The number of rotatable bonds is 5. The molecule has 0 spiro atoms. The Bertz CT molecular complexity index is 1530. The second kappa shape index (κ2) is 8.15. The Hall–Kier alpha value is -4.35. The fraction of sp³-hybridized carbons (Fsp3) is 0.222. The Morgan fingerprint density at radius 3 is 2.66 bits per heavy atom. The third-order valence-electron chi connectivity index (χ3n) is 6.68. The summed E-state index contributed by atoms with van der Waals surface area (Å²) in [5.41, 5.74) is 6.29. The number of aliphatic hydroxyl groups is 1. The first-order valence-electron chi connectivity index (χ1n) is 11.5. The summed E-state index contributed by atoms with van der Waals surface area (Å²) >= 11 is 0. The zero-order chi connectivity index (χ0) is 24.1. The summed E-state index contributed by atoms with van der Waals surface area (Å²) < 4.78 is 1.84. The number of aryl methyl sites for hydroxylation is 1. The quantitative estimate of drug-likeness (QED) is 0.481. The van der Waals surface area contributed by atoms with Crippen LogP contribution in [0.25, 0.3) is 22.5 Å². The number of fused-ring (bicyclic) bond motifs is 1. The molecule has 2 aliphatic rings. The first-order chi connectivity index (χ1) is 17.1. The highest BCUT2D eigenvalue weighted by Gasteiger charge is 2.32. The molecule has 4 aromatic rings. The Kier molecular flexibility index (Phi) is 4.94. The van der Waals surface area contributed by atoms with Crippen LogP contribution in [0.4, 0.5) is 5.82 Å². The predicted molar refractivity (Wildman–Crippen MR) is 129 cm³/mol. The molecule has 35 heavy (non-hydrogen) atoms. The Balaban J connectivity index is 1.50. The Morgan fingerprint density at radius 1 is 1.09 bits per heavy atom. The maximum Gasteiger partial charge on any atom is 0.260 e. The van der Waals surface area contributed by atoms with E-state index in [0.717, 1.165) is 40.8 Å². The lowest BCUT2D eigenvalue weighted by Gasteiger charge is -2.18. The van der Waals surface area contributed by atoms with Gasteiger partial charge in [0.25, 0.3) is 5.91 Å². The number of benzene rings is 2. The lowest BCUT2D eigenvalue weighted by Crippen LogP contribution is -2.24. The van der Waals surface area contributed by atoms with Crippen molar-refractivity contribution in [1.29, 1.82) is 5.26 Å². The summed E-state index contributed by atoms with van der Waals surface area (Å²) in [5, 5.41) is 27.4. The fourth-order valence-electron chi connectivity index (χ4n) is 4.63. The van der Waals surface area contributed by atoms with Gasteiger partial charge < -0.3 is 9.67 Å². The van der Waals surface area contributed by atoms with Gasteiger partial charge in [0, 0.05) is 29.8 Å². The van der Waals surface area contributed by atoms with E-state index in [-0.39, 0.29) is 12.5 Å². The number of carbonyl (C=O) groups excluding carboxylic acids is 1. The summed E-state index contributed by atoms with van der Waals surface area (Å²) in [6, 6.07) is 17.2. The van der Waals surface area contributed by atoms with E-state index in [1.807, 2.05) is 41.9 Å². The summed E-state index contributed by atoms with van der Waals surface area (Å²) in [6.07, 6.45) is 3.78. The van der Waals surface area contributed by atoms with Crippen molar-refractivity contribution in [1.82, 2.24) is 19.7 Å². The normalized spacial score (nSPS) is 14.8. The largest absolute Gasteiger partial charge is 0.392 e. The highest BCUT2D eigenvalue weighted by Crippen LogP contribution is 2.43. The lowest BCUT2D eigenvalue weighted by atomic mass is 9.96. The number of anilines is 1. The van der Waals surface area contributed by atoms with Gasteiger partial charge in [0.05, 0.1) is 24.8 Å². The minimum absolute atomic E-state index is 0.111. The summed E-state index contributed by atoms with van der Waals surface area (Å²) in [7, 11) is 1.88. The fourth-order valence-corrected chi connectivity index (χ4v) is 4.63. The van der Waals surface area contributed by atoms with Crippen LogP contribution in [-0.2, 0) is 20.2 Å². The van der Waals surface area contributed by atoms with E-state index in [9.17, 15) is 15.2 Å². The number of pyridine rings is 1. The van der Waals surface area contributed by atoms with Crippen LogP contribution < -0.4 is 4.90 Å². The monoisotopic (exact) mass is 462 g/mol. The molecule has 1 fully saturated rings. The maximum atomic E-state index is 13.3. The van der Waals surface area contributed by atoms with Gasteiger partial charge in [-0.25, -0.2) is 4.98 Å². The van der Waals surface area contributed by atoms with Gasteiger partial charge in [0.1, 0.15) is 12.1 Å². The summed E-state index contributed by atoms with van der Waals surface area (Å²) in [5.74, 6) is 1.52. The molecule has 0 saturated heterocycles. The molecular weight excluding hydrogens is 440 g/mol. The third-order valence-corrected chi connectivity index (χ3v) is 6.68. The Labute approximate surface area is 202 Å². The second-order valence-corrected chi connectivity index (χ2v) is 9.09. The number of amides is 1. The van der Waals surface area contributed by atoms with Crippen molar-refractivity contribution in [3.05, 3.63) is 82.8 Å².